The number of hydrogen-bond donors (Lipinski definition) is 0. The number of likely N-dealkylation sites (tertiary alicyclic amines) is 1. The normalized spacial score (nSPS) is 18.5. The molecule has 1 saturated heterocycles. The van der Waals surface area contributed by atoms with Crippen LogP contribution in [0.25, 0.3) is 0 Å². The minimum absolute atomic E-state index is 0.119. The molecule has 2 aromatic rings. The molecule has 184 valence electrons. The largest absolute Gasteiger partial charge is 0.378 e. The summed E-state index contributed by atoms with van der Waals surface area (Å²) in [6.45, 7) is 2.22. The molecule has 7 heteroatoms. The van der Waals surface area contributed by atoms with E-state index >= 15 is 0 Å². The maximum atomic E-state index is 4.77. The lowest BCUT2D eigenvalue weighted by Gasteiger charge is -2.27. The maximum absolute atomic E-state index is 4.77. The van der Waals surface area contributed by atoms with E-state index in [1.807, 2.05) is 63.0 Å². The minimum Gasteiger partial charge on any atom is -0.378 e. The molecule has 0 spiro atoms. The van der Waals surface area contributed by atoms with Crippen molar-refractivity contribution in [3.05, 3.63) is 84.3 Å². The first kappa shape index (κ1) is 24.4. The molecular weight excluding hydrogens is 434 g/mol. The van der Waals surface area contributed by atoms with Gasteiger partial charge in [0.15, 0.2) is 6.17 Å². The zero-order chi connectivity index (χ0) is 24.6. The van der Waals surface area contributed by atoms with Crippen molar-refractivity contribution >= 4 is 23.8 Å². The molecule has 2 aliphatic rings. The minimum atomic E-state index is -0.119. The summed E-state index contributed by atoms with van der Waals surface area (Å²) in [7, 11) is 8.18. The lowest BCUT2D eigenvalue weighted by atomic mass is 10.1. The van der Waals surface area contributed by atoms with Gasteiger partial charge in [-0.3, -0.25) is 0 Å². The Hall–Kier alpha value is -3.74. The molecule has 0 radical (unpaired) electrons. The Bertz CT molecular complexity index is 974. The smallest absolute Gasteiger partial charge is 0.163 e. The van der Waals surface area contributed by atoms with Crippen molar-refractivity contribution in [3.8, 4) is 0 Å². The van der Waals surface area contributed by atoms with Gasteiger partial charge in [-0.05, 0) is 66.9 Å². The van der Waals surface area contributed by atoms with Crippen molar-refractivity contribution in [1.29, 1.82) is 0 Å². The topological polar surface area (TPSA) is 40.9 Å². The lowest BCUT2D eigenvalue weighted by Crippen LogP contribution is -2.32. The van der Waals surface area contributed by atoms with E-state index in [1.165, 1.54) is 30.6 Å². The van der Waals surface area contributed by atoms with E-state index in [-0.39, 0.29) is 6.17 Å². The second kappa shape index (κ2) is 11.6. The first-order valence-corrected chi connectivity index (χ1v) is 12.3. The van der Waals surface area contributed by atoms with Crippen LogP contribution in [0.2, 0.25) is 0 Å². The van der Waals surface area contributed by atoms with E-state index < -0.39 is 0 Å². The van der Waals surface area contributed by atoms with E-state index in [0.29, 0.717) is 0 Å². The molecule has 0 amide bonds. The number of benzene rings is 2. The van der Waals surface area contributed by atoms with Gasteiger partial charge >= 0.3 is 0 Å². The van der Waals surface area contributed by atoms with Crippen molar-refractivity contribution in [3.63, 3.8) is 0 Å². The predicted octanol–water partition coefficient (Wildman–Crippen LogP) is 4.60. The highest BCUT2D eigenvalue weighted by molar-refractivity contribution is 5.81. The SMILES string of the molecule is CN(C)c1ccc(C=NN2C=CN(N=Cc3ccc(N(C)C)cc3)C2C=CN2CCCCC2)cc1. The number of hydrazone groups is 2. The van der Waals surface area contributed by atoms with Crippen molar-refractivity contribution in [2.24, 2.45) is 10.2 Å². The Morgan fingerprint density at radius 3 is 1.57 bits per heavy atom. The molecule has 35 heavy (non-hydrogen) atoms. The molecule has 1 fully saturated rings. The second-order valence-corrected chi connectivity index (χ2v) is 9.37. The highest BCUT2D eigenvalue weighted by Crippen LogP contribution is 2.20. The Labute approximate surface area is 209 Å². The van der Waals surface area contributed by atoms with Crippen LogP contribution in [0.1, 0.15) is 30.4 Å². The number of anilines is 2. The monoisotopic (exact) mass is 471 g/mol. The molecule has 0 saturated carbocycles. The van der Waals surface area contributed by atoms with Gasteiger partial charge in [0.25, 0.3) is 0 Å². The van der Waals surface area contributed by atoms with E-state index in [1.54, 1.807) is 0 Å². The van der Waals surface area contributed by atoms with Crippen molar-refractivity contribution < 1.29 is 0 Å². The third kappa shape index (κ3) is 6.66. The van der Waals surface area contributed by atoms with Gasteiger partial charge in [-0.25, -0.2) is 10.0 Å². The van der Waals surface area contributed by atoms with Gasteiger partial charge < -0.3 is 14.7 Å². The number of nitrogens with zero attached hydrogens (tertiary/aromatic N) is 7. The van der Waals surface area contributed by atoms with Crippen LogP contribution in [0.3, 0.4) is 0 Å². The first-order chi connectivity index (χ1) is 17.0. The molecule has 7 nitrogen and oxygen atoms in total. The third-order valence-corrected chi connectivity index (χ3v) is 6.27. The Morgan fingerprint density at radius 2 is 1.14 bits per heavy atom. The zero-order valence-electron chi connectivity index (χ0n) is 21.3. The summed E-state index contributed by atoms with van der Waals surface area (Å²) in [4.78, 5) is 6.58. The molecule has 0 unspecified atom stereocenters. The summed E-state index contributed by atoms with van der Waals surface area (Å²) in [6.07, 6.45) is 15.9. The van der Waals surface area contributed by atoms with Crippen LogP contribution in [-0.2, 0) is 0 Å². The van der Waals surface area contributed by atoms with E-state index in [0.717, 1.165) is 24.2 Å². The van der Waals surface area contributed by atoms with Gasteiger partial charge in [0.05, 0.1) is 12.4 Å². The first-order valence-electron chi connectivity index (χ1n) is 12.3. The zero-order valence-corrected chi connectivity index (χ0v) is 21.3. The standard InChI is InChI=1S/C28H37N7/c1-31(2)26-12-8-24(9-13-26)22-29-34-20-21-35(28(34)16-19-33-17-6-5-7-18-33)30-23-25-10-14-27(15-11-25)32(3)4/h8-16,19-23,28H,5-7,17-18H2,1-4H3. The third-order valence-electron chi connectivity index (χ3n) is 6.27. The van der Waals surface area contributed by atoms with Crippen LogP contribution >= 0.6 is 0 Å². The molecular formula is C28H37N7. The predicted molar refractivity (Wildman–Crippen MR) is 148 cm³/mol. The number of piperidine rings is 1. The summed E-state index contributed by atoms with van der Waals surface area (Å²) in [6, 6.07) is 16.8. The van der Waals surface area contributed by atoms with Gasteiger partial charge in [0, 0.05) is 65.1 Å². The molecule has 2 aromatic carbocycles. The summed E-state index contributed by atoms with van der Waals surface area (Å²) in [5, 5.41) is 13.4. The fraction of sp³-hybridized carbons (Fsp3) is 0.357. The highest BCUT2D eigenvalue weighted by atomic mass is 15.6. The molecule has 0 aliphatic carbocycles. The molecule has 4 rings (SSSR count). The molecule has 0 atom stereocenters. The maximum Gasteiger partial charge on any atom is 0.163 e. The Balaban J connectivity index is 1.49. The van der Waals surface area contributed by atoms with Gasteiger partial charge in [-0.15, -0.1) is 0 Å². The van der Waals surface area contributed by atoms with E-state index in [9.17, 15) is 0 Å². The van der Waals surface area contributed by atoms with Crippen molar-refractivity contribution in [2.75, 3.05) is 51.1 Å². The van der Waals surface area contributed by atoms with Crippen LogP contribution in [-0.4, -0.2) is 74.8 Å². The van der Waals surface area contributed by atoms with E-state index in [4.69, 9.17) is 10.2 Å². The van der Waals surface area contributed by atoms with Crippen LogP contribution < -0.4 is 9.80 Å². The van der Waals surface area contributed by atoms with Crippen LogP contribution in [0.15, 0.2) is 83.4 Å². The lowest BCUT2D eigenvalue weighted by molar-refractivity contribution is 0.205. The summed E-state index contributed by atoms with van der Waals surface area (Å²) in [5.74, 6) is 0. The van der Waals surface area contributed by atoms with Gasteiger partial charge in [0.1, 0.15) is 0 Å². The molecule has 0 N–H and O–H groups in total. The summed E-state index contributed by atoms with van der Waals surface area (Å²) < 4.78 is 0. The molecule has 0 aromatic heterocycles. The second-order valence-electron chi connectivity index (χ2n) is 9.37. The van der Waals surface area contributed by atoms with Gasteiger partial charge in [-0.1, -0.05) is 24.3 Å². The fourth-order valence-electron chi connectivity index (χ4n) is 4.07. The Kier molecular flexibility index (Phi) is 8.08. The van der Waals surface area contributed by atoms with Crippen LogP contribution in [0, 0.1) is 0 Å². The van der Waals surface area contributed by atoms with Crippen LogP contribution in [0.5, 0.6) is 0 Å². The van der Waals surface area contributed by atoms with Crippen LogP contribution in [0.4, 0.5) is 11.4 Å². The van der Waals surface area contributed by atoms with Crippen molar-refractivity contribution in [1.82, 2.24) is 14.9 Å². The molecule has 2 aliphatic heterocycles. The van der Waals surface area contributed by atoms with Gasteiger partial charge in [-0.2, -0.15) is 10.2 Å². The Morgan fingerprint density at radius 1 is 0.686 bits per heavy atom. The van der Waals surface area contributed by atoms with Crippen molar-refractivity contribution in [2.45, 2.75) is 25.4 Å². The highest BCUT2D eigenvalue weighted by Gasteiger charge is 2.24. The number of hydrogen-bond acceptors (Lipinski definition) is 7. The molecule has 2 heterocycles. The van der Waals surface area contributed by atoms with Gasteiger partial charge in [0.2, 0.25) is 0 Å². The average Bonchev–Trinajstić information content (AvgIpc) is 3.27. The average molecular weight is 472 g/mol. The number of rotatable bonds is 8. The quantitative estimate of drug-likeness (QED) is 0.526. The summed E-state index contributed by atoms with van der Waals surface area (Å²) >= 11 is 0. The fourth-order valence-corrected chi connectivity index (χ4v) is 4.07. The molecule has 0 bridgehead atoms. The summed E-state index contributed by atoms with van der Waals surface area (Å²) in [5.41, 5.74) is 4.46. The van der Waals surface area contributed by atoms with E-state index in [2.05, 4.69) is 75.5 Å².